The Hall–Kier alpha value is -3.88. The van der Waals surface area contributed by atoms with E-state index in [1.807, 2.05) is 4.90 Å². The Morgan fingerprint density at radius 2 is 1.86 bits per heavy atom. The van der Waals surface area contributed by atoms with Crippen LogP contribution in [0.2, 0.25) is 0 Å². The second kappa shape index (κ2) is 10.8. The molecule has 1 atom stereocenters. The zero-order valence-corrected chi connectivity index (χ0v) is 20.5. The molecule has 2 aromatic carbocycles. The first kappa shape index (κ1) is 23.8. The maximum absolute atomic E-state index is 13.4. The van der Waals surface area contributed by atoms with Crippen LogP contribution in [0.5, 0.6) is 11.5 Å². The molecule has 1 fully saturated rings. The molecular weight excluding hydrogens is 458 g/mol. The molecule has 9 nitrogen and oxygen atoms in total. The normalized spacial score (nSPS) is 17.2. The SMILES string of the molecule is COc1cccc(NC(=O)COc2ccc(C(=O)N3CCCC3c3nnc4n3CCCCC4)cc2)c1. The highest BCUT2D eigenvalue weighted by Gasteiger charge is 2.34. The molecule has 0 saturated carbocycles. The van der Waals surface area contributed by atoms with Crippen LogP contribution in [0.1, 0.15) is 60.2 Å². The Morgan fingerprint density at radius 1 is 1.00 bits per heavy atom. The molecule has 0 bridgehead atoms. The number of aromatic nitrogens is 3. The van der Waals surface area contributed by atoms with Crippen LogP contribution in [0.4, 0.5) is 5.69 Å². The fourth-order valence-corrected chi connectivity index (χ4v) is 4.94. The van der Waals surface area contributed by atoms with E-state index in [4.69, 9.17) is 9.47 Å². The molecule has 1 N–H and O–H groups in total. The van der Waals surface area contributed by atoms with Crippen LogP contribution in [0.3, 0.4) is 0 Å². The van der Waals surface area contributed by atoms with Gasteiger partial charge in [-0.05, 0) is 62.1 Å². The summed E-state index contributed by atoms with van der Waals surface area (Å²) in [7, 11) is 1.57. The van der Waals surface area contributed by atoms with Gasteiger partial charge >= 0.3 is 0 Å². The van der Waals surface area contributed by atoms with Crippen molar-refractivity contribution in [1.82, 2.24) is 19.7 Å². The molecule has 36 heavy (non-hydrogen) atoms. The molecule has 188 valence electrons. The monoisotopic (exact) mass is 489 g/mol. The number of hydrogen-bond acceptors (Lipinski definition) is 6. The largest absolute Gasteiger partial charge is 0.497 e. The fourth-order valence-electron chi connectivity index (χ4n) is 4.94. The third kappa shape index (κ3) is 5.19. The van der Waals surface area contributed by atoms with E-state index in [-0.39, 0.29) is 24.5 Å². The van der Waals surface area contributed by atoms with Gasteiger partial charge in [0.1, 0.15) is 17.3 Å². The van der Waals surface area contributed by atoms with E-state index in [2.05, 4.69) is 20.1 Å². The standard InChI is InChI=1S/C27H31N5O4/c1-35-22-8-5-7-20(17-22)28-25(33)18-36-21-13-11-19(12-14-21)27(34)31-16-6-9-23(31)26-30-29-24-10-3-2-4-15-32(24)26/h5,7-8,11-14,17,23H,2-4,6,9-10,15-16,18H2,1H3,(H,28,33). The summed E-state index contributed by atoms with van der Waals surface area (Å²) in [4.78, 5) is 27.5. The van der Waals surface area contributed by atoms with Crippen LogP contribution in [0.25, 0.3) is 0 Å². The maximum atomic E-state index is 13.4. The molecule has 3 aromatic rings. The molecule has 3 heterocycles. The highest BCUT2D eigenvalue weighted by molar-refractivity contribution is 5.95. The van der Waals surface area contributed by atoms with Gasteiger partial charge in [-0.15, -0.1) is 10.2 Å². The molecule has 1 saturated heterocycles. The van der Waals surface area contributed by atoms with Crippen molar-refractivity contribution in [2.45, 2.75) is 51.1 Å². The minimum Gasteiger partial charge on any atom is -0.497 e. The van der Waals surface area contributed by atoms with Crippen LogP contribution < -0.4 is 14.8 Å². The predicted octanol–water partition coefficient (Wildman–Crippen LogP) is 4.01. The van der Waals surface area contributed by atoms with Crippen LogP contribution >= 0.6 is 0 Å². The molecule has 2 aliphatic heterocycles. The lowest BCUT2D eigenvalue weighted by molar-refractivity contribution is -0.118. The van der Waals surface area contributed by atoms with Crippen molar-refractivity contribution >= 4 is 17.5 Å². The number of hydrogen-bond donors (Lipinski definition) is 1. The smallest absolute Gasteiger partial charge is 0.262 e. The van der Waals surface area contributed by atoms with E-state index >= 15 is 0 Å². The van der Waals surface area contributed by atoms with Gasteiger partial charge in [-0.1, -0.05) is 12.5 Å². The van der Waals surface area contributed by atoms with Gasteiger partial charge in [-0.3, -0.25) is 9.59 Å². The lowest BCUT2D eigenvalue weighted by atomic mass is 10.1. The van der Waals surface area contributed by atoms with Gasteiger partial charge in [0, 0.05) is 36.8 Å². The van der Waals surface area contributed by atoms with Crippen LogP contribution in [-0.2, 0) is 17.8 Å². The number of nitrogens with zero attached hydrogens (tertiary/aromatic N) is 4. The molecule has 1 unspecified atom stereocenters. The first-order valence-electron chi connectivity index (χ1n) is 12.5. The van der Waals surface area contributed by atoms with Crippen molar-refractivity contribution in [2.75, 3.05) is 25.6 Å². The molecule has 2 amide bonds. The molecule has 0 radical (unpaired) electrons. The number of anilines is 1. The van der Waals surface area contributed by atoms with Crippen LogP contribution in [0.15, 0.2) is 48.5 Å². The average Bonchev–Trinajstić information content (AvgIpc) is 3.48. The van der Waals surface area contributed by atoms with Gasteiger partial charge < -0.3 is 24.3 Å². The van der Waals surface area contributed by atoms with E-state index in [1.54, 1.807) is 55.6 Å². The second-order valence-electron chi connectivity index (χ2n) is 9.19. The van der Waals surface area contributed by atoms with Crippen LogP contribution in [0, 0.1) is 0 Å². The van der Waals surface area contributed by atoms with Gasteiger partial charge in [0.2, 0.25) is 0 Å². The number of amides is 2. The Labute approximate surface area is 210 Å². The molecule has 2 aliphatic rings. The number of likely N-dealkylation sites (tertiary alicyclic amines) is 1. The Bertz CT molecular complexity index is 1220. The molecule has 5 rings (SSSR count). The summed E-state index contributed by atoms with van der Waals surface area (Å²) in [6, 6.07) is 14.0. The molecule has 0 spiro atoms. The van der Waals surface area contributed by atoms with Gasteiger partial charge in [-0.25, -0.2) is 0 Å². The summed E-state index contributed by atoms with van der Waals surface area (Å²) in [5, 5.41) is 11.7. The summed E-state index contributed by atoms with van der Waals surface area (Å²) < 4.78 is 13.0. The van der Waals surface area contributed by atoms with Crippen molar-refractivity contribution in [3.63, 3.8) is 0 Å². The first-order chi connectivity index (χ1) is 17.6. The molecular formula is C27H31N5O4. The molecule has 0 aliphatic carbocycles. The summed E-state index contributed by atoms with van der Waals surface area (Å²) in [5.74, 6) is 2.83. The topological polar surface area (TPSA) is 98.6 Å². The number of rotatable bonds is 7. The zero-order chi connectivity index (χ0) is 24.9. The van der Waals surface area contributed by atoms with Gasteiger partial charge in [0.05, 0.1) is 13.2 Å². The highest BCUT2D eigenvalue weighted by atomic mass is 16.5. The quantitative estimate of drug-likeness (QED) is 0.539. The number of nitrogens with one attached hydrogen (secondary N) is 1. The summed E-state index contributed by atoms with van der Waals surface area (Å²) >= 11 is 0. The van der Waals surface area contributed by atoms with Gasteiger partial charge in [0.25, 0.3) is 11.8 Å². The van der Waals surface area contributed by atoms with Crippen molar-refractivity contribution < 1.29 is 19.1 Å². The summed E-state index contributed by atoms with van der Waals surface area (Å²) in [6.07, 6.45) is 6.26. The fraction of sp³-hybridized carbons (Fsp3) is 0.407. The van der Waals surface area contributed by atoms with E-state index in [0.717, 1.165) is 50.3 Å². The van der Waals surface area contributed by atoms with Gasteiger partial charge in [0.15, 0.2) is 12.4 Å². The van der Waals surface area contributed by atoms with E-state index in [9.17, 15) is 9.59 Å². The number of carbonyl (C=O) groups is 2. The minimum absolute atomic E-state index is 0.0224. The first-order valence-corrected chi connectivity index (χ1v) is 12.5. The lowest BCUT2D eigenvalue weighted by Gasteiger charge is -2.25. The Kier molecular flexibility index (Phi) is 7.16. The number of methoxy groups -OCH3 is 1. The predicted molar refractivity (Wildman–Crippen MR) is 134 cm³/mol. The van der Waals surface area contributed by atoms with Crippen molar-refractivity contribution in [1.29, 1.82) is 0 Å². The van der Waals surface area contributed by atoms with Crippen LogP contribution in [-0.4, -0.2) is 51.7 Å². The maximum Gasteiger partial charge on any atom is 0.262 e. The number of aryl methyl sites for hydroxylation is 1. The third-order valence-corrected chi connectivity index (χ3v) is 6.77. The van der Waals surface area contributed by atoms with E-state index in [1.165, 1.54) is 6.42 Å². The number of fused-ring (bicyclic) bond motifs is 1. The number of ether oxygens (including phenoxy) is 2. The van der Waals surface area contributed by atoms with Crippen molar-refractivity contribution in [3.8, 4) is 11.5 Å². The second-order valence-corrected chi connectivity index (χ2v) is 9.19. The Morgan fingerprint density at radius 3 is 2.69 bits per heavy atom. The highest BCUT2D eigenvalue weighted by Crippen LogP contribution is 2.33. The molecule has 9 heteroatoms. The average molecular weight is 490 g/mol. The van der Waals surface area contributed by atoms with Gasteiger partial charge in [-0.2, -0.15) is 0 Å². The number of benzene rings is 2. The molecule has 1 aromatic heterocycles. The van der Waals surface area contributed by atoms with E-state index < -0.39 is 0 Å². The Balaban J connectivity index is 1.20. The summed E-state index contributed by atoms with van der Waals surface area (Å²) in [6.45, 7) is 1.48. The minimum atomic E-state index is -0.282. The van der Waals surface area contributed by atoms with E-state index in [0.29, 0.717) is 29.3 Å². The van der Waals surface area contributed by atoms with Crippen molar-refractivity contribution in [2.24, 2.45) is 0 Å². The number of carbonyl (C=O) groups excluding carboxylic acids is 2. The zero-order valence-electron chi connectivity index (χ0n) is 20.5. The van der Waals surface area contributed by atoms with Crippen molar-refractivity contribution in [3.05, 3.63) is 65.7 Å². The lowest BCUT2D eigenvalue weighted by Crippen LogP contribution is -2.32. The third-order valence-electron chi connectivity index (χ3n) is 6.77. The summed E-state index contributed by atoms with van der Waals surface area (Å²) in [5.41, 5.74) is 1.22.